The Labute approximate surface area is 202 Å². The van der Waals surface area contributed by atoms with E-state index < -0.39 is 0 Å². The molecule has 0 radical (unpaired) electrons. The Kier molecular flexibility index (Phi) is 4.53. The summed E-state index contributed by atoms with van der Waals surface area (Å²) in [6.45, 7) is 0. The lowest BCUT2D eigenvalue weighted by molar-refractivity contribution is 0.580. The molecule has 0 saturated heterocycles. The molecular weight excluding hydrogens is 456 g/mol. The number of hydrogen-bond donors (Lipinski definition) is 0. The van der Waals surface area contributed by atoms with Crippen LogP contribution >= 0.6 is 0 Å². The summed E-state index contributed by atoms with van der Waals surface area (Å²) in [5.41, 5.74) is 4.11. The molecule has 0 atom stereocenters. The fraction of sp³-hybridized carbons (Fsp3) is 0. The van der Waals surface area contributed by atoms with E-state index >= 15 is 0 Å². The molecule has 0 aliphatic carbocycles. The highest BCUT2D eigenvalue weighted by Crippen LogP contribution is 2.29. The van der Waals surface area contributed by atoms with Crippen molar-refractivity contribution in [2.45, 2.75) is 0 Å². The Balaban J connectivity index is 1.19. The van der Waals surface area contributed by atoms with Gasteiger partial charge in [0.25, 0.3) is 11.8 Å². The van der Waals surface area contributed by atoms with Crippen molar-refractivity contribution in [3.8, 4) is 46.1 Å². The lowest BCUT2D eigenvalue weighted by Crippen LogP contribution is -1.85. The molecule has 0 aliphatic rings. The van der Waals surface area contributed by atoms with Gasteiger partial charge in [0.05, 0.1) is 11.0 Å². The van der Waals surface area contributed by atoms with Crippen LogP contribution in [0.15, 0.2) is 94.3 Å². The predicted molar refractivity (Wildman–Crippen MR) is 130 cm³/mol. The van der Waals surface area contributed by atoms with Crippen LogP contribution in [0, 0.1) is 0 Å². The van der Waals surface area contributed by atoms with Gasteiger partial charge in [0.1, 0.15) is 11.4 Å². The summed E-state index contributed by atoms with van der Waals surface area (Å²) in [5.74, 6) is 1.30. The van der Waals surface area contributed by atoms with Crippen molar-refractivity contribution in [1.29, 1.82) is 0 Å². The summed E-state index contributed by atoms with van der Waals surface area (Å²) in [6, 6.07) is 18.7. The van der Waals surface area contributed by atoms with Crippen molar-refractivity contribution in [2.24, 2.45) is 0 Å². The summed E-state index contributed by atoms with van der Waals surface area (Å²) in [5, 5.41) is 18.6. The van der Waals surface area contributed by atoms with Crippen LogP contribution in [0.25, 0.3) is 67.9 Å². The number of aromatic nitrogens is 8. The van der Waals surface area contributed by atoms with Gasteiger partial charge in [0.2, 0.25) is 11.8 Å². The molecule has 0 aliphatic heterocycles. The summed E-state index contributed by atoms with van der Waals surface area (Å²) < 4.78 is 11.8. The molecule has 10 heteroatoms. The smallest absolute Gasteiger partial charge is 0.266 e. The Hall–Kier alpha value is -5.38. The molecule has 7 rings (SSSR count). The van der Waals surface area contributed by atoms with E-state index in [1.54, 1.807) is 24.8 Å². The van der Waals surface area contributed by atoms with E-state index in [0.717, 1.165) is 21.8 Å². The number of nitrogens with zero attached hydrogens (tertiary/aromatic N) is 8. The zero-order chi connectivity index (χ0) is 23.9. The van der Waals surface area contributed by atoms with Gasteiger partial charge >= 0.3 is 0 Å². The van der Waals surface area contributed by atoms with Crippen LogP contribution < -0.4 is 0 Å². The number of rotatable bonds is 4. The van der Waals surface area contributed by atoms with Crippen LogP contribution in [0.5, 0.6) is 0 Å². The molecule has 0 bridgehead atoms. The van der Waals surface area contributed by atoms with Crippen LogP contribution in [0.1, 0.15) is 0 Å². The molecule has 0 N–H and O–H groups in total. The molecule has 6 aromatic heterocycles. The molecule has 0 unspecified atom stereocenters. The maximum absolute atomic E-state index is 5.91. The van der Waals surface area contributed by atoms with Gasteiger partial charge in [-0.2, -0.15) is 0 Å². The van der Waals surface area contributed by atoms with E-state index in [4.69, 9.17) is 8.83 Å². The van der Waals surface area contributed by atoms with E-state index in [9.17, 15) is 0 Å². The zero-order valence-corrected chi connectivity index (χ0v) is 18.5. The summed E-state index contributed by atoms with van der Waals surface area (Å²) in [7, 11) is 0. The normalized spacial score (nSPS) is 11.3. The van der Waals surface area contributed by atoms with E-state index in [2.05, 4.69) is 40.3 Å². The molecule has 170 valence electrons. The minimum Gasteiger partial charge on any atom is -0.415 e. The third-order valence-corrected chi connectivity index (χ3v) is 5.62. The van der Waals surface area contributed by atoms with Gasteiger partial charge in [0.15, 0.2) is 0 Å². The second kappa shape index (κ2) is 8.13. The molecule has 10 nitrogen and oxygen atoms in total. The second-order valence-electron chi connectivity index (χ2n) is 7.94. The first-order valence-corrected chi connectivity index (χ1v) is 11.0. The fourth-order valence-corrected chi connectivity index (χ4v) is 3.84. The first kappa shape index (κ1) is 20.0. The van der Waals surface area contributed by atoms with Crippen molar-refractivity contribution in [2.75, 3.05) is 0 Å². The van der Waals surface area contributed by atoms with Gasteiger partial charge in [-0.25, -0.2) is 0 Å². The SMILES string of the molecule is c1cc(-c2nnc(-c3cc4ncccc4cn3)o2)cc(-c2nnc(-c3cc4ncccc4cn3)o2)c1. The first-order valence-electron chi connectivity index (χ1n) is 11.0. The molecule has 6 heterocycles. The van der Waals surface area contributed by atoms with Gasteiger partial charge in [-0.15, -0.1) is 20.4 Å². The Bertz CT molecular complexity index is 1740. The third-order valence-electron chi connectivity index (χ3n) is 5.62. The van der Waals surface area contributed by atoms with Gasteiger partial charge in [-0.1, -0.05) is 6.07 Å². The average molecular weight is 470 g/mol. The van der Waals surface area contributed by atoms with Gasteiger partial charge < -0.3 is 8.83 Å². The Morgan fingerprint density at radius 1 is 0.472 bits per heavy atom. The molecule has 0 amide bonds. The molecule has 36 heavy (non-hydrogen) atoms. The van der Waals surface area contributed by atoms with Crippen LogP contribution in [-0.2, 0) is 0 Å². The maximum Gasteiger partial charge on any atom is 0.266 e. The summed E-state index contributed by atoms with van der Waals surface area (Å²) in [6.07, 6.45) is 6.92. The highest BCUT2D eigenvalue weighted by Gasteiger charge is 2.16. The number of hydrogen-bond acceptors (Lipinski definition) is 10. The fourth-order valence-electron chi connectivity index (χ4n) is 3.84. The van der Waals surface area contributed by atoms with Crippen LogP contribution in [-0.4, -0.2) is 40.3 Å². The van der Waals surface area contributed by atoms with Crippen molar-refractivity contribution in [1.82, 2.24) is 40.3 Å². The summed E-state index contributed by atoms with van der Waals surface area (Å²) in [4.78, 5) is 17.6. The summed E-state index contributed by atoms with van der Waals surface area (Å²) >= 11 is 0. The molecule has 7 aromatic rings. The number of fused-ring (bicyclic) bond motifs is 2. The van der Waals surface area contributed by atoms with Crippen molar-refractivity contribution in [3.05, 3.63) is 85.5 Å². The van der Waals surface area contributed by atoms with E-state index in [1.165, 1.54) is 0 Å². The minimum atomic E-state index is 0.305. The largest absolute Gasteiger partial charge is 0.415 e. The van der Waals surface area contributed by atoms with Gasteiger partial charge in [0, 0.05) is 46.7 Å². The molecule has 1 aromatic carbocycles. The topological polar surface area (TPSA) is 129 Å². The Morgan fingerprint density at radius 3 is 1.50 bits per heavy atom. The number of pyridine rings is 4. The van der Waals surface area contributed by atoms with Crippen molar-refractivity contribution < 1.29 is 8.83 Å². The molecule has 0 spiro atoms. The van der Waals surface area contributed by atoms with Crippen molar-refractivity contribution in [3.63, 3.8) is 0 Å². The predicted octanol–water partition coefficient (Wildman–Crippen LogP) is 5.01. The molecule has 0 fully saturated rings. The lowest BCUT2D eigenvalue weighted by Gasteiger charge is -2.00. The third kappa shape index (κ3) is 3.53. The number of benzene rings is 1. The van der Waals surface area contributed by atoms with Crippen molar-refractivity contribution >= 4 is 21.8 Å². The quantitative estimate of drug-likeness (QED) is 0.346. The highest BCUT2D eigenvalue weighted by atomic mass is 16.4. The monoisotopic (exact) mass is 470 g/mol. The standard InChI is InChI=1S/C26H14N8O2/c1-4-15(23-31-33-25(35-23)21-11-19-17(13-29-21)6-2-8-27-19)10-16(5-1)24-32-34-26(36-24)22-12-20-18(14-30-22)7-3-9-28-20/h1-14H. The van der Waals surface area contributed by atoms with E-state index in [1.807, 2.05) is 60.7 Å². The first-order chi connectivity index (χ1) is 17.8. The highest BCUT2D eigenvalue weighted by molar-refractivity contribution is 5.81. The molecular formula is C26H14N8O2. The molecule has 0 saturated carbocycles. The maximum atomic E-state index is 5.91. The van der Waals surface area contributed by atoms with Gasteiger partial charge in [-0.05, 0) is 54.6 Å². The Morgan fingerprint density at radius 2 is 0.972 bits per heavy atom. The zero-order valence-electron chi connectivity index (χ0n) is 18.5. The van der Waals surface area contributed by atoms with Crippen LogP contribution in [0.2, 0.25) is 0 Å². The van der Waals surface area contributed by atoms with E-state index in [0.29, 0.717) is 46.1 Å². The average Bonchev–Trinajstić information content (AvgIpc) is 3.64. The van der Waals surface area contributed by atoms with E-state index in [-0.39, 0.29) is 0 Å². The minimum absolute atomic E-state index is 0.305. The van der Waals surface area contributed by atoms with Crippen LogP contribution in [0.3, 0.4) is 0 Å². The van der Waals surface area contributed by atoms with Gasteiger partial charge in [-0.3, -0.25) is 19.9 Å². The lowest BCUT2D eigenvalue weighted by atomic mass is 10.1. The van der Waals surface area contributed by atoms with Crippen LogP contribution in [0.4, 0.5) is 0 Å². The second-order valence-corrected chi connectivity index (χ2v) is 7.94.